The second kappa shape index (κ2) is 7.70. The SMILES string of the molecule is CC(CC(=O)CS)C(=O)OCCN(C)C. The summed E-state index contributed by atoms with van der Waals surface area (Å²) in [6.07, 6.45) is 0.213. The van der Waals surface area contributed by atoms with Crippen molar-refractivity contribution in [1.82, 2.24) is 4.90 Å². The Balaban J connectivity index is 3.74. The minimum atomic E-state index is -0.369. The van der Waals surface area contributed by atoms with Gasteiger partial charge in [0.2, 0.25) is 0 Å². The first-order chi connectivity index (χ1) is 6.97. The average Bonchev–Trinajstić information content (AvgIpc) is 2.16. The van der Waals surface area contributed by atoms with E-state index in [2.05, 4.69) is 12.6 Å². The summed E-state index contributed by atoms with van der Waals surface area (Å²) in [6, 6.07) is 0. The van der Waals surface area contributed by atoms with Crippen molar-refractivity contribution in [3.05, 3.63) is 0 Å². The monoisotopic (exact) mass is 233 g/mol. The van der Waals surface area contributed by atoms with Crippen LogP contribution in [0.3, 0.4) is 0 Å². The van der Waals surface area contributed by atoms with E-state index in [0.29, 0.717) is 13.2 Å². The van der Waals surface area contributed by atoms with Gasteiger partial charge in [0.05, 0.1) is 5.92 Å². The highest BCUT2D eigenvalue weighted by molar-refractivity contribution is 7.81. The molecule has 1 atom stereocenters. The van der Waals surface area contributed by atoms with Crippen LogP contribution in [-0.2, 0) is 14.3 Å². The molecular weight excluding hydrogens is 214 g/mol. The van der Waals surface area contributed by atoms with E-state index in [1.165, 1.54) is 0 Å². The summed E-state index contributed by atoms with van der Waals surface area (Å²) in [7, 11) is 3.81. The Morgan fingerprint density at radius 1 is 1.40 bits per heavy atom. The first kappa shape index (κ1) is 14.5. The van der Waals surface area contributed by atoms with Crippen LogP contribution in [0.5, 0.6) is 0 Å². The average molecular weight is 233 g/mol. The number of carbonyl (C=O) groups is 2. The van der Waals surface area contributed by atoms with Crippen LogP contribution in [0.2, 0.25) is 0 Å². The van der Waals surface area contributed by atoms with Gasteiger partial charge in [0.1, 0.15) is 12.4 Å². The van der Waals surface area contributed by atoms with Crippen LogP contribution < -0.4 is 0 Å². The van der Waals surface area contributed by atoms with Crippen molar-refractivity contribution < 1.29 is 14.3 Å². The summed E-state index contributed by atoms with van der Waals surface area (Å²) >= 11 is 3.85. The molecule has 4 nitrogen and oxygen atoms in total. The fraction of sp³-hybridized carbons (Fsp3) is 0.800. The van der Waals surface area contributed by atoms with Crippen LogP contribution in [0.15, 0.2) is 0 Å². The summed E-state index contributed by atoms with van der Waals surface area (Å²) in [5.74, 6) is -0.538. The maximum absolute atomic E-state index is 11.4. The second-order valence-electron chi connectivity index (χ2n) is 3.77. The number of ketones is 1. The number of hydrogen-bond acceptors (Lipinski definition) is 5. The molecule has 0 rings (SSSR count). The van der Waals surface area contributed by atoms with Crippen molar-refractivity contribution in [1.29, 1.82) is 0 Å². The van der Waals surface area contributed by atoms with Crippen molar-refractivity contribution in [2.24, 2.45) is 5.92 Å². The Hall–Kier alpha value is -0.550. The van der Waals surface area contributed by atoms with Gasteiger partial charge in [-0.25, -0.2) is 0 Å². The van der Waals surface area contributed by atoms with E-state index in [1.807, 2.05) is 19.0 Å². The minimum Gasteiger partial charge on any atom is -0.464 e. The fourth-order valence-electron chi connectivity index (χ4n) is 0.960. The number of thiol groups is 1. The normalized spacial score (nSPS) is 12.6. The molecule has 0 heterocycles. The lowest BCUT2D eigenvalue weighted by Crippen LogP contribution is -2.24. The third-order valence-corrected chi connectivity index (χ3v) is 2.25. The summed E-state index contributed by atoms with van der Waals surface area (Å²) in [6.45, 7) is 2.75. The molecule has 0 N–H and O–H groups in total. The van der Waals surface area contributed by atoms with Crippen LogP contribution in [-0.4, -0.2) is 49.7 Å². The predicted octanol–water partition coefficient (Wildman–Crippen LogP) is 0.616. The van der Waals surface area contributed by atoms with Crippen molar-refractivity contribution >= 4 is 24.4 Å². The number of nitrogens with zero attached hydrogens (tertiary/aromatic N) is 1. The standard InChI is InChI=1S/C10H19NO3S/c1-8(6-9(12)7-15)10(13)14-5-4-11(2)3/h8,15H,4-7H2,1-3H3. The Labute approximate surface area is 96.4 Å². The lowest BCUT2D eigenvalue weighted by atomic mass is 10.1. The maximum Gasteiger partial charge on any atom is 0.309 e. The first-order valence-electron chi connectivity index (χ1n) is 4.91. The molecule has 0 saturated carbocycles. The van der Waals surface area contributed by atoms with Crippen LogP contribution >= 0.6 is 12.6 Å². The van der Waals surface area contributed by atoms with Crippen molar-refractivity contribution in [2.75, 3.05) is 33.0 Å². The number of ether oxygens (including phenoxy) is 1. The number of hydrogen-bond donors (Lipinski definition) is 1. The number of Topliss-reactive ketones (excluding diaryl/α,β-unsaturated/α-hetero) is 1. The zero-order chi connectivity index (χ0) is 11.8. The Morgan fingerprint density at radius 3 is 2.47 bits per heavy atom. The molecule has 5 heteroatoms. The van der Waals surface area contributed by atoms with Crippen LogP contribution in [0.4, 0.5) is 0 Å². The first-order valence-corrected chi connectivity index (χ1v) is 5.54. The predicted molar refractivity (Wildman–Crippen MR) is 62.2 cm³/mol. The third kappa shape index (κ3) is 7.39. The largest absolute Gasteiger partial charge is 0.464 e. The van der Waals surface area contributed by atoms with E-state index < -0.39 is 0 Å². The van der Waals surface area contributed by atoms with E-state index in [4.69, 9.17) is 4.74 Å². The van der Waals surface area contributed by atoms with Gasteiger partial charge in [-0.2, -0.15) is 12.6 Å². The van der Waals surface area contributed by atoms with Gasteiger partial charge in [-0.1, -0.05) is 6.92 Å². The summed E-state index contributed by atoms with van der Waals surface area (Å²) < 4.78 is 5.00. The minimum absolute atomic E-state index is 0.0320. The molecule has 15 heavy (non-hydrogen) atoms. The van der Waals surface area contributed by atoms with Crippen LogP contribution in [0.25, 0.3) is 0 Å². The number of esters is 1. The lowest BCUT2D eigenvalue weighted by molar-refractivity contribution is -0.149. The van der Waals surface area contributed by atoms with Gasteiger partial charge >= 0.3 is 5.97 Å². The molecule has 88 valence electrons. The zero-order valence-corrected chi connectivity index (χ0v) is 10.4. The summed E-state index contributed by atoms with van der Waals surface area (Å²) in [4.78, 5) is 24.3. The Morgan fingerprint density at radius 2 is 2.00 bits per heavy atom. The molecule has 0 fully saturated rings. The second-order valence-corrected chi connectivity index (χ2v) is 4.09. The third-order valence-electron chi connectivity index (χ3n) is 1.90. The van der Waals surface area contributed by atoms with Crippen molar-refractivity contribution in [3.8, 4) is 0 Å². The molecule has 0 aliphatic carbocycles. The molecule has 0 radical (unpaired) electrons. The molecule has 0 aromatic carbocycles. The topological polar surface area (TPSA) is 46.6 Å². The van der Waals surface area contributed by atoms with Crippen molar-refractivity contribution in [3.63, 3.8) is 0 Å². The highest BCUT2D eigenvalue weighted by Crippen LogP contribution is 2.05. The molecule has 0 bridgehead atoms. The fourth-order valence-corrected chi connectivity index (χ4v) is 1.09. The van der Waals surface area contributed by atoms with Crippen LogP contribution in [0.1, 0.15) is 13.3 Å². The Bertz CT molecular complexity index is 219. The molecule has 1 unspecified atom stereocenters. The maximum atomic E-state index is 11.4. The number of carbonyl (C=O) groups excluding carboxylic acids is 2. The lowest BCUT2D eigenvalue weighted by Gasteiger charge is -2.12. The van der Waals surface area contributed by atoms with E-state index in [0.717, 1.165) is 0 Å². The van der Waals surface area contributed by atoms with E-state index in [-0.39, 0.29) is 29.8 Å². The summed E-state index contributed by atoms with van der Waals surface area (Å²) in [5.41, 5.74) is 0. The van der Waals surface area contributed by atoms with Crippen molar-refractivity contribution in [2.45, 2.75) is 13.3 Å². The number of likely N-dealkylation sites (N-methyl/N-ethyl adjacent to an activating group) is 1. The molecule has 0 saturated heterocycles. The van der Waals surface area contributed by atoms with Gasteiger partial charge in [-0.3, -0.25) is 9.59 Å². The zero-order valence-electron chi connectivity index (χ0n) is 9.52. The van der Waals surface area contributed by atoms with Crippen LogP contribution in [0, 0.1) is 5.92 Å². The van der Waals surface area contributed by atoms with Gasteiger partial charge in [-0.15, -0.1) is 0 Å². The smallest absolute Gasteiger partial charge is 0.309 e. The molecular formula is C10H19NO3S. The molecule has 0 aromatic rings. The molecule has 0 spiro atoms. The summed E-state index contributed by atoms with van der Waals surface area (Å²) in [5, 5.41) is 0. The van der Waals surface area contributed by atoms with Gasteiger partial charge in [0.15, 0.2) is 0 Å². The quantitative estimate of drug-likeness (QED) is 0.517. The molecule has 0 amide bonds. The van der Waals surface area contributed by atoms with Gasteiger partial charge in [0.25, 0.3) is 0 Å². The molecule has 0 aromatic heterocycles. The van der Waals surface area contributed by atoms with Gasteiger partial charge in [0, 0.05) is 18.7 Å². The van der Waals surface area contributed by atoms with E-state index in [1.54, 1.807) is 6.92 Å². The molecule has 0 aliphatic heterocycles. The highest BCUT2D eigenvalue weighted by atomic mass is 32.1. The highest BCUT2D eigenvalue weighted by Gasteiger charge is 2.17. The van der Waals surface area contributed by atoms with E-state index >= 15 is 0 Å². The Kier molecular flexibility index (Phi) is 7.42. The van der Waals surface area contributed by atoms with Gasteiger partial charge < -0.3 is 9.64 Å². The number of rotatable bonds is 7. The van der Waals surface area contributed by atoms with Gasteiger partial charge in [-0.05, 0) is 14.1 Å². The van der Waals surface area contributed by atoms with E-state index in [9.17, 15) is 9.59 Å². The molecule has 0 aliphatic rings.